The number of amides is 1. The molecule has 1 heterocycles. The van der Waals surface area contributed by atoms with Crippen molar-refractivity contribution in [1.82, 2.24) is 4.98 Å². The monoisotopic (exact) mass is 342 g/mol. The van der Waals surface area contributed by atoms with Gasteiger partial charge in [-0.25, -0.2) is 17.8 Å². The smallest absolute Gasteiger partial charge is 0.274 e. The number of halogens is 2. The third-order valence-electron chi connectivity index (χ3n) is 2.67. The lowest BCUT2D eigenvalue weighted by atomic mass is 10.2. The molecule has 2 rings (SSSR count). The number of benzene rings is 1. The molecule has 0 saturated heterocycles. The molecule has 116 valence electrons. The van der Waals surface area contributed by atoms with Crippen LogP contribution in [0.15, 0.2) is 36.5 Å². The number of carbonyl (C=O) groups is 1. The number of nitrogens with one attached hydrogen (secondary N) is 1. The number of aromatic nitrogens is 1. The number of anilines is 1. The molecule has 22 heavy (non-hydrogen) atoms. The maximum absolute atomic E-state index is 12.8. The number of sulfone groups is 1. The van der Waals surface area contributed by atoms with E-state index in [1.165, 1.54) is 18.2 Å². The molecule has 0 bridgehead atoms. The van der Waals surface area contributed by atoms with Crippen LogP contribution < -0.4 is 5.32 Å². The molecule has 5 nitrogen and oxygen atoms in total. The molecule has 2 aromatic rings. The first-order valence-electron chi connectivity index (χ1n) is 6.14. The predicted molar refractivity (Wildman–Crippen MR) is 82.1 cm³/mol. The van der Waals surface area contributed by atoms with E-state index in [0.29, 0.717) is 5.56 Å². The van der Waals surface area contributed by atoms with Crippen molar-refractivity contribution in [3.05, 3.63) is 58.6 Å². The van der Waals surface area contributed by atoms with Crippen LogP contribution in [0, 0.1) is 5.82 Å². The SMILES string of the molecule is CS(=O)(=O)Cc1ccc(Cl)c(NC(=O)c2ccc(F)cn2)c1. The van der Waals surface area contributed by atoms with E-state index in [1.807, 2.05) is 0 Å². The van der Waals surface area contributed by atoms with E-state index >= 15 is 0 Å². The Morgan fingerprint density at radius 2 is 2.05 bits per heavy atom. The van der Waals surface area contributed by atoms with Crippen LogP contribution in [0.1, 0.15) is 16.1 Å². The van der Waals surface area contributed by atoms with Crippen molar-refractivity contribution >= 4 is 33.0 Å². The maximum atomic E-state index is 12.8. The standard InChI is InChI=1S/C14H12ClFN2O3S/c1-22(20,21)8-9-2-4-11(15)13(6-9)18-14(19)12-5-3-10(16)7-17-12/h2-7H,8H2,1H3,(H,18,19). The summed E-state index contributed by atoms with van der Waals surface area (Å²) in [5, 5.41) is 2.78. The van der Waals surface area contributed by atoms with Gasteiger partial charge in [-0.15, -0.1) is 0 Å². The van der Waals surface area contributed by atoms with Crippen molar-refractivity contribution in [2.24, 2.45) is 0 Å². The van der Waals surface area contributed by atoms with E-state index in [-0.39, 0.29) is 22.2 Å². The molecule has 0 spiro atoms. The molecule has 0 atom stereocenters. The van der Waals surface area contributed by atoms with Gasteiger partial charge in [0.15, 0.2) is 9.84 Å². The lowest BCUT2D eigenvalue weighted by molar-refractivity contribution is 0.102. The number of carbonyl (C=O) groups excluding carboxylic acids is 1. The van der Waals surface area contributed by atoms with Gasteiger partial charge in [-0.1, -0.05) is 17.7 Å². The van der Waals surface area contributed by atoms with Crippen LogP contribution in [0.4, 0.5) is 10.1 Å². The summed E-state index contributed by atoms with van der Waals surface area (Å²) in [5.74, 6) is -1.29. The first-order valence-corrected chi connectivity index (χ1v) is 8.57. The average molecular weight is 343 g/mol. The van der Waals surface area contributed by atoms with Crippen molar-refractivity contribution in [3.63, 3.8) is 0 Å². The molecule has 8 heteroatoms. The summed E-state index contributed by atoms with van der Waals surface area (Å²) in [6, 6.07) is 6.89. The number of pyridine rings is 1. The van der Waals surface area contributed by atoms with Gasteiger partial charge in [0.2, 0.25) is 0 Å². The second-order valence-corrected chi connectivity index (χ2v) is 7.25. The van der Waals surface area contributed by atoms with Gasteiger partial charge < -0.3 is 5.32 Å². The molecular weight excluding hydrogens is 331 g/mol. The highest BCUT2D eigenvalue weighted by Crippen LogP contribution is 2.24. The Morgan fingerprint density at radius 1 is 1.32 bits per heavy atom. The van der Waals surface area contributed by atoms with Crippen LogP contribution in [-0.4, -0.2) is 25.6 Å². The summed E-state index contributed by atoms with van der Waals surface area (Å²) in [7, 11) is -3.20. The molecule has 0 aliphatic rings. The lowest BCUT2D eigenvalue weighted by Crippen LogP contribution is -2.14. The third kappa shape index (κ3) is 4.51. The van der Waals surface area contributed by atoms with Gasteiger partial charge in [0.05, 0.1) is 22.7 Å². The zero-order chi connectivity index (χ0) is 16.3. The van der Waals surface area contributed by atoms with Crippen LogP contribution >= 0.6 is 11.6 Å². The zero-order valence-corrected chi connectivity index (χ0v) is 13.1. The first-order chi connectivity index (χ1) is 10.2. The molecule has 0 saturated carbocycles. The van der Waals surface area contributed by atoms with Gasteiger partial charge in [0, 0.05) is 6.26 Å². The molecular formula is C14H12ClFN2O3S. The molecule has 0 aliphatic heterocycles. The molecule has 0 aliphatic carbocycles. The predicted octanol–water partition coefficient (Wildman–Crippen LogP) is 2.67. The normalized spacial score (nSPS) is 11.2. The van der Waals surface area contributed by atoms with E-state index in [9.17, 15) is 17.6 Å². The third-order valence-corrected chi connectivity index (χ3v) is 3.86. The largest absolute Gasteiger partial charge is 0.319 e. The van der Waals surface area contributed by atoms with Gasteiger partial charge in [-0.2, -0.15) is 0 Å². The second kappa shape index (κ2) is 6.41. The van der Waals surface area contributed by atoms with E-state index < -0.39 is 21.6 Å². The Hall–Kier alpha value is -1.99. The van der Waals surface area contributed by atoms with Crippen LogP contribution in [-0.2, 0) is 15.6 Å². The van der Waals surface area contributed by atoms with Gasteiger partial charge >= 0.3 is 0 Å². The van der Waals surface area contributed by atoms with Gasteiger partial charge in [0.25, 0.3) is 5.91 Å². The Balaban J connectivity index is 2.23. The van der Waals surface area contributed by atoms with Crippen molar-refractivity contribution in [3.8, 4) is 0 Å². The van der Waals surface area contributed by atoms with Gasteiger partial charge in [0.1, 0.15) is 11.5 Å². The van der Waals surface area contributed by atoms with Crippen LogP contribution in [0.2, 0.25) is 5.02 Å². The Bertz CT molecular complexity index is 807. The van der Waals surface area contributed by atoms with Crippen molar-refractivity contribution < 1.29 is 17.6 Å². The van der Waals surface area contributed by atoms with Gasteiger partial charge in [-0.05, 0) is 29.8 Å². The van der Waals surface area contributed by atoms with Crippen molar-refractivity contribution in [2.75, 3.05) is 11.6 Å². The quantitative estimate of drug-likeness (QED) is 0.926. The Morgan fingerprint density at radius 3 is 2.64 bits per heavy atom. The summed E-state index contributed by atoms with van der Waals surface area (Å²) in [6.45, 7) is 0. The van der Waals surface area contributed by atoms with Crippen molar-refractivity contribution in [1.29, 1.82) is 0 Å². The van der Waals surface area contributed by atoms with Crippen LogP contribution in [0.3, 0.4) is 0 Å². The van der Waals surface area contributed by atoms with Crippen molar-refractivity contribution in [2.45, 2.75) is 5.75 Å². The molecule has 1 aromatic carbocycles. The Kier molecular flexibility index (Phi) is 4.77. The second-order valence-electron chi connectivity index (χ2n) is 4.70. The number of hydrogen-bond donors (Lipinski definition) is 1. The van der Waals surface area contributed by atoms with Crippen LogP contribution in [0.5, 0.6) is 0 Å². The number of rotatable bonds is 4. The molecule has 1 amide bonds. The van der Waals surface area contributed by atoms with E-state index in [2.05, 4.69) is 10.3 Å². The summed E-state index contributed by atoms with van der Waals surface area (Å²) in [5.41, 5.74) is 0.777. The van der Waals surface area contributed by atoms with Gasteiger partial charge in [-0.3, -0.25) is 4.79 Å². The highest BCUT2D eigenvalue weighted by Gasteiger charge is 2.12. The summed E-state index contributed by atoms with van der Waals surface area (Å²) in [6.07, 6.45) is 2.04. The molecule has 0 unspecified atom stereocenters. The summed E-state index contributed by atoms with van der Waals surface area (Å²) in [4.78, 5) is 15.7. The fourth-order valence-corrected chi connectivity index (χ4v) is 2.71. The van der Waals surface area contributed by atoms with E-state index in [0.717, 1.165) is 18.5 Å². The molecule has 1 aromatic heterocycles. The first kappa shape index (κ1) is 16.4. The van der Waals surface area contributed by atoms with Crippen LogP contribution in [0.25, 0.3) is 0 Å². The molecule has 1 N–H and O–H groups in total. The topological polar surface area (TPSA) is 76.1 Å². The zero-order valence-electron chi connectivity index (χ0n) is 11.5. The number of nitrogens with zero attached hydrogens (tertiary/aromatic N) is 1. The minimum absolute atomic E-state index is 0.0194. The average Bonchev–Trinajstić information content (AvgIpc) is 2.41. The highest BCUT2D eigenvalue weighted by molar-refractivity contribution is 7.89. The Labute approximate surface area is 132 Å². The minimum Gasteiger partial charge on any atom is -0.319 e. The maximum Gasteiger partial charge on any atom is 0.274 e. The molecule has 0 fully saturated rings. The summed E-state index contributed by atoms with van der Waals surface area (Å²) < 4.78 is 35.4. The summed E-state index contributed by atoms with van der Waals surface area (Å²) >= 11 is 5.98. The minimum atomic E-state index is -3.20. The fraction of sp³-hybridized carbons (Fsp3) is 0.143. The van der Waals surface area contributed by atoms with E-state index in [4.69, 9.17) is 11.6 Å². The van der Waals surface area contributed by atoms with E-state index in [1.54, 1.807) is 6.07 Å². The highest BCUT2D eigenvalue weighted by atomic mass is 35.5. The lowest BCUT2D eigenvalue weighted by Gasteiger charge is -2.09. The number of hydrogen-bond acceptors (Lipinski definition) is 4. The molecule has 0 radical (unpaired) electrons. The fourth-order valence-electron chi connectivity index (χ4n) is 1.76.